The molecule has 1 heteroatoms. The van der Waals surface area contributed by atoms with Gasteiger partial charge in [-0.15, -0.1) is 0 Å². The standard InChI is InChI=1S/C20H40O/c1-3-5-7-9-11-13-15-17-19-20(21)18-16-14-12-10-8-6-4-2/h16,18,20-21H,3-15,17,19H2,1-2H3/b18-16+. The second kappa shape index (κ2) is 17.8. The van der Waals surface area contributed by atoms with Crippen LogP contribution >= 0.6 is 0 Å². The van der Waals surface area contributed by atoms with Crippen LogP contribution in [0.3, 0.4) is 0 Å². The van der Waals surface area contributed by atoms with E-state index in [4.69, 9.17) is 0 Å². The van der Waals surface area contributed by atoms with E-state index in [1.54, 1.807) is 0 Å². The minimum atomic E-state index is -0.208. The molecule has 0 radical (unpaired) electrons. The maximum absolute atomic E-state index is 9.88. The third kappa shape index (κ3) is 17.6. The summed E-state index contributed by atoms with van der Waals surface area (Å²) >= 11 is 0. The Balaban J connectivity index is 3.23. The highest BCUT2D eigenvalue weighted by Crippen LogP contribution is 2.11. The number of aliphatic hydroxyl groups excluding tert-OH is 1. The molecule has 0 aliphatic heterocycles. The summed E-state index contributed by atoms with van der Waals surface area (Å²) < 4.78 is 0. The van der Waals surface area contributed by atoms with E-state index in [9.17, 15) is 5.11 Å². The van der Waals surface area contributed by atoms with Crippen molar-refractivity contribution in [2.75, 3.05) is 0 Å². The van der Waals surface area contributed by atoms with Gasteiger partial charge in [0.2, 0.25) is 0 Å². The molecule has 0 fully saturated rings. The van der Waals surface area contributed by atoms with E-state index in [1.807, 2.05) is 6.08 Å². The maximum Gasteiger partial charge on any atom is 0.0720 e. The van der Waals surface area contributed by atoms with Gasteiger partial charge in [-0.1, -0.05) is 103 Å². The Morgan fingerprint density at radius 2 is 1.14 bits per heavy atom. The molecule has 0 aliphatic carbocycles. The van der Waals surface area contributed by atoms with Crippen LogP contribution < -0.4 is 0 Å². The molecule has 1 N–H and O–H groups in total. The number of aliphatic hydroxyl groups is 1. The van der Waals surface area contributed by atoms with E-state index in [1.165, 1.54) is 83.5 Å². The highest BCUT2D eigenvalue weighted by molar-refractivity contribution is 4.88. The molecule has 21 heavy (non-hydrogen) atoms. The molecule has 0 rings (SSSR count). The van der Waals surface area contributed by atoms with Crippen molar-refractivity contribution in [3.63, 3.8) is 0 Å². The Bertz CT molecular complexity index is 210. The number of unbranched alkanes of at least 4 members (excludes halogenated alkanes) is 12. The molecule has 0 aromatic rings. The second-order valence-electron chi connectivity index (χ2n) is 6.46. The lowest BCUT2D eigenvalue weighted by Gasteiger charge is -2.05. The van der Waals surface area contributed by atoms with Crippen molar-refractivity contribution >= 4 is 0 Å². The largest absolute Gasteiger partial charge is 0.389 e. The summed E-state index contributed by atoms with van der Waals surface area (Å²) in [5.74, 6) is 0. The SMILES string of the molecule is CCCCCCC/C=C/C(O)CCCCCCCCCC. The Kier molecular flexibility index (Phi) is 17.5. The zero-order chi connectivity index (χ0) is 15.6. The van der Waals surface area contributed by atoms with E-state index < -0.39 is 0 Å². The lowest BCUT2D eigenvalue weighted by atomic mass is 10.0. The van der Waals surface area contributed by atoms with Gasteiger partial charge in [-0.3, -0.25) is 0 Å². The fourth-order valence-electron chi connectivity index (χ4n) is 2.70. The van der Waals surface area contributed by atoms with E-state index in [0.717, 1.165) is 12.8 Å². The quantitative estimate of drug-likeness (QED) is 0.245. The van der Waals surface area contributed by atoms with Gasteiger partial charge in [0, 0.05) is 0 Å². The molecule has 1 unspecified atom stereocenters. The van der Waals surface area contributed by atoms with Crippen molar-refractivity contribution in [2.45, 2.75) is 116 Å². The average Bonchev–Trinajstić information content (AvgIpc) is 2.49. The number of allylic oxidation sites excluding steroid dienone is 1. The molecule has 0 spiro atoms. The van der Waals surface area contributed by atoms with Crippen molar-refractivity contribution in [1.82, 2.24) is 0 Å². The van der Waals surface area contributed by atoms with E-state index in [2.05, 4.69) is 19.9 Å². The van der Waals surface area contributed by atoms with Gasteiger partial charge in [0.25, 0.3) is 0 Å². The third-order valence-corrected chi connectivity index (χ3v) is 4.19. The van der Waals surface area contributed by atoms with Gasteiger partial charge in [-0.2, -0.15) is 0 Å². The van der Waals surface area contributed by atoms with Crippen LogP contribution in [0.25, 0.3) is 0 Å². The van der Waals surface area contributed by atoms with Crippen LogP contribution in [0.2, 0.25) is 0 Å². The predicted octanol–water partition coefficient (Wildman–Crippen LogP) is 6.79. The summed E-state index contributed by atoms with van der Waals surface area (Å²) in [6.45, 7) is 4.52. The summed E-state index contributed by atoms with van der Waals surface area (Å²) in [5.41, 5.74) is 0. The summed E-state index contributed by atoms with van der Waals surface area (Å²) in [7, 11) is 0. The Hall–Kier alpha value is -0.300. The molecular weight excluding hydrogens is 256 g/mol. The Morgan fingerprint density at radius 3 is 1.71 bits per heavy atom. The highest BCUT2D eigenvalue weighted by atomic mass is 16.3. The summed E-state index contributed by atoms with van der Waals surface area (Å²) in [6.07, 6.45) is 23.4. The van der Waals surface area contributed by atoms with Gasteiger partial charge in [0.05, 0.1) is 6.10 Å². The molecule has 126 valence electrons. The molecule has 0 saturated carbocycles. The van der Waals surface area contributed by atoms with Crippen LogP contribution in [-0.2, 0) is 0 Å². The van der Waals surface area contributed by atoms with Crippen LogP contribution in [0.1, 0.15) is 110 Å². The van der Waals surface area contributed by atoms with E-state index >= 15 is 0 Å². The second-order valence-corrected chi connectivity index (χ2v) is 6.46. The first kappa shape index (κ1) is 20.7. The monoisotopic (exact) mass is 296 g/mol. The van der Waals surface area contributed by atoms with Crippen LogP contribution in [0, 0.1) is 0 Å². The zero-order valence-corrected chi connectivity index (χ0v) is 14.8. The van der Waals surface area contributed by atoms with Crippen LogP contribution in [0.15, 0.2) is 12.2 Å². The Labute approximate surface area is 134 Å². The third-order valence-electron chi connectivity index (χ3n) is 4.19. The van der Waals surface area contributed by atoms with Gasteiger partial charge >= 0.3 is 0 Å². The fourth-order valence-corrected chi connectivity index (χ4v) is 2.70. The zero-order valence-electron chi connectivity index (χ0n) is 14.8. The minimum absolute atomic E-state index is 0.208. The lowest BCUT2D eigenvalue weighted by molar-refractivity contribution is 0.207. The molecule has 0 aliphatic rings. The molecule has 0 amide bonds. The van der Waals surface area contributed by atoms with Gasteiger partial charge in [0.15, 0.2) is 0 Å². The summed E-state index contributed by atoms with van der Waals surface area (Å²) in [5, 5.41) is 9.88. The smallest absolute Gasteiger partial charge is 0.0720 e. The van der Waals surface area contributed by atoms with Crippen molar-refractivity contribution in [2.24, 2.45) is 0 Å². The topological polar surface area (TPSA) is 20.2 Å². The first-order valence-electron chi connectivity index (χ1n) is 9.66. The molecule has 0 bridgehead atoms. The van der Waals surface area contributed by atoms with Crippen LogP contribution in [0.4, 0.5) is 0 Å². The van der Waals surface area contributed by atoms with Crippen molar-refractivity contribution in [1.29, 1.82) is 0 Å². The number of hydrogen-bond donors (Lipinski definition) is 1. The number of hydrogen-bond acceptors (Lipinski definition) is 1. The molecule has 0 aromatic carbocycles. The maximum atomic E-state index is 9.88. The molecule has 1 atom stereocenters. The Morgan fingerprint density at radius 1 is 0.667 bits per heavy atom. The van der Waals surface area contributed by atoms with Gasteiger partial charge < -0.3 is 5.11 Å². The molecular formula is C20H40O. The lowest BCUT2D eigenvalue weighted by Crippen LogP contribution is -2.01. The molecule has 1 nitrogen and oxygen atoms in total. The first-order chi connectivity index (χ1) is 10.3. The van der Waals surface area contributed by atoms with E-state index in [0.29, 0.717) is 0 Å². The predicted molar refractivity (Wildman–Crippen MR) is 95.7 cm³/mol. The molecule has 0 saturated heterocycles. The highest BCUT2D eigenvalue weighted by Gasteiger charge is 1.98. The van der Waals surface area contributed by atoms with Crippen molar-refractivity contribution in [3.05, 3.63) is 12.2 Å². The van der Waals surface area contributed by atoms with Crippen molar-refractivity contribution < 1.29 is 5.11 Å². The minimum Gasteiger partial charge on any atom is -0.389 e. The van der Waals surface area contributed by atoms with Gasteiger partial charge in [-0.05, 0) is 19.3 Å². The van der Waals surface area contributed by atoms with E-state index in [-0.39, 0.29) is 6.10 Å². The number of rotatable bonds is 16. The average molecular weight is 297 g/mol. The molecule has 0 heterocycles. The van der Waals surface area contributed by atoms with Crippen LogP contribution in [-0.4, -0.2) is 11.2 Å². The first-order valence-corrected chi connectivity index (χ1v) is 9.66. The van der Waals surface area contributed by atoms with Crippen molar-refractivity contribution in [3.8, 4) is 0 Å². The summed E-state index contributed by atoms with van der Waals surface area (Å²) in [6, 6.07) is 0. The van der Waals surface area contributed by atoms with Gasteiger partial charge in [0.1, 0.15) is 0 Å². The molecule has 0 aromatic heterocycles. The van der Waals surface area contributed by atoms with Gasteiger partial charge in [-0.25, -0.2) is 0 Å². The normalized spacial score (nSPS) is 13.1. The fraction of sp³-hybridized carbons (Fsp3) is 0.900. The summed E-state index contributed by atoms with van der Waals surface area (Å²) in [4.78, 5) is 0. The van der Waals surface area contributed by atoms with Crippen LogP contribution in [0.5, 0.6) is 0 Å².